The fraction of sp³-hybridized carbons (Fsp3) is 0.385. The second kappa shape index (κ2) is 10.5. The van der Waals surface area contributed by atoms with Crippen LogP contribution >= 0.6 is 11.3 Å². The molecule has 1 N–H and O–H groups in total. The summed E-state index contributed by atoms with van der Waals surface area (Å²) >= 11 is 1.62. The first-order valence-electron chi connectivity index (χ1n) is 11.6. The van der Waals surface area contributed by atoms with Crippen molar-refractivity contribution in [3.05, 3.63) is 84.9 Å². The van der Waals surface area contributed by atoms with Gasteiger partial charge in [0.05, 0.1) is 23.2 Å². The molecule has 35 heavy (non-hydrogen) atoms. The van der Waals surface area contributed by atoms with Crippen molar-refractivity contribution in [3.63, 3.8) is 0 Å². The van der Waals surface area contributed by atoms with Crippen LogP contribution in [0.25, 0.3) is 0 Å². The summed E-state index contributed by atoms with van der Waals surface area (Å²) in [6.07, 6.45) is 0.942. The van der Waals surface area contributed by atoms with Crippen LogP contribution in [0.2, 0.25) is 0 Å². The van der Waals surface area contributed by atoms with Crippen molar-refractivity contribution < 1.29 is 24.0 Å². The average Bonchev–Trinajstić information content (AvgIpc) is 3.35. The van der Waals surface area contributed by atoms with Crippen LogP contribution in [0.3, 0.4) is 0 Å². The zero-order valence-electron chi connectivity index (χ0n) is 19.9. The summed E-state index contributed by atoms with van der Waals surface area (Å²) in [6, 6.07) is 10.1. The fourth-order valence-corrected chi connectivity index (χ4v) is 5.51. The molecule has 0 amide bonds. The number of allylic oxidation sites excluding steroid dienone is 3. The van der Waals surface area contributed by atoms with E-state index in [1.165, 1.54) is 12.1 Å². The maximum atomic E-state index is 13.5. The van der Waals surface area contributed by atoms with Gasteiger partial charge in [0.2, 0.25) is 0 Å². The number of nitrogens with zero attached hydrogens (tertiary/aromatic N) is 1. The molecule has 0 radical (unpaired) electrons. The highest BCUT2D eigenvalue weighted by Crippen LogP contribution is 2.46. The number of hydrogen-bond donors (Lipinski definition) is 1. The number of nitro groups is 1. The molecule has 1 aromatic carbocycles. The summed E-state index contributed by atoms with van der Waals surface area (Å²) in [7, 11) is 0. The van der Waals surface area contributed by atoms with Gasteiger partial charge in [0.15, 0.2) is 5.78 Å². The minimum Gasteiger partial charge on any atom is -0.460 e. The zero-order valence-corrected chi connectivity index (χ0v) is 20.7. The summed E-state index contributed by atoms with van der Waals surface area (Å²) in [5.74, 6) is -1.34. The van der Waals surface area contributed by atoms with Crippen molar-refractivity contribution in [2.24, 2.45) is 0 Å². The van der Waals surface area contributed by atoms with Crippen LogP contribution in [-0.4, -0.2) is 36.0 Å². The van der Waals surface area contributed by atoms with Gasteiger partial charge in [-0.15, -0.1) is 11.3 Å². The highest BCUT2D eigenvalue weighted by atomic mass is 32.1. The molecule has 0 saturated heterocycles. The van der Waals surface area contributed by atoms with Gasteiger partial charge < -0.3 is 14.8 Å². The van der Waals surface area contributed by atoms with Crippen molar-refractivity contribution in [3.8, 4) is 0 Å². The van der Waals surface area contributed by atoms with Gasteiger partial charge in [-0.3, -0.25) is 14.9 Å². The Kier molecular flexibility index (Phi) is 7.47. The topological polar surface area (TPSA) is 108 Å². The normalized spacial score (nSPS) is 20.1. The van der Waals surface area contributed by atoms with E-state index in [0.717, 1.165) is 10.6 Å². The summed E-state index contributed by atoms with van der Waals surface area (Å²) < 4.78 is 11.0. The van der Waals surface area contributed by atoms with Crippen LogP contribution in [0.5, 0.6) is 0 Å². The smallest absolute Gasteiger partial charge is 0.336 e. The third-order valence-electron chi connectivity index (χ3n) is 6.18. The summed E-state index contributed by atoms with van der Waals surface area (Å²) in [6.45, 7) is 5.87. The molecule has 0 spiro atoms. The molecule has 1 aromatic heterocycles. The number of nitro benzene ring substituents is 1. The van der Waals surface area contributed by atoms with E-state index in [9.17, 15) is 19.7 Å². The van der Waals surface area contributed by atoms with Crippen LogP contribution < -0.4 is 5.32 Å². The van der Waals surface area contributed by atoms with Gasteiger partial charge >= 0.3 is 5.97 Å². The van der Waals surface area contributed by atoms with E-state index in [2.05, 4.69) is 5.32 Å². The first kappa shape index (κ1) is 24.8. The Labute approximate surface area is 207 Å². The molecular weight excluding hydrogens is 468 g/mol. The molecule has 0 saturated carbocycles. The van der Waals surface area contributed by atoms with Crippen LogP contribution in [-0.2, 0) is 19.1 Å². The van der Waals surface area contributed by atoms with E-state index in [1.54, 1.807) is 30.4 Å². The predicted octanol–water partition coefficient (Wildman–Crippen LogP) is 4.99. The summed E-state index contributed by atoms with van der Waals surface area (Å²) in [5, 5.41) is 16.8. The molecule has 1 aliphatic heterocycles. The average molecular weight is 497 g/mol. The number of esters is 1. The molecule has 1 aliphatic carbocycles. The Bertz CT molecular complexity index is 1200. The Morgan fingerprint density at radius 3 is 2.71 bits per heavy atom. The molecule has 0 unspecified atom stereocenters. The van der Waals surface area contributed by atoms with Crippen LogP contribution in [0.15, 0.2) is 64.3 Å². The van der Waals surface area contributed by atoms with E-state index in [-0.39, 0.29) is 42.3 Å². The Hall–Kier alpha value is -3.30. The van der Waals surface area contributed by atoms with E-state index < -0.39 is 16.8 Å². The number of carbonyl (C=O) groups excluding carboxylic acids is 2. The van der Waals surface area contributed by atoms with E-state index >= 15 is 0 Å². The molecule has 0 fully saturated rings. The lowest BCUT2D eigenvalue weighted by Crippen LogP contribution is -2.36. The Morgan fingerprint density at radius 2 is 2.03 bits per heavy atom. The number of ketones is 1. The van der Waals surface area contributed by atoms with Gasteiger partial charge in [0.25, 0.3) is 5.69 Å². The van der Waals surface area contributed by atoms with Crippen molar-refractivity contribution in [1.82, 2.24) is 5.32 Å². The second-order valence-corrected chi connectivity index (χ2v) is 9.92. The first-order chi connectivity index (χ1) is 16.8. The van der Waals surface area contributed by atoms with Crippen molar-refractivity contribution >= 4 is 28.8 Å². The fourth-order valence-electron chi connectivity index (χ4n) is 4.68. The Morgan fingerprint density at radius 1 is 1.23 bits per heavy atom. The molecule has 184 valence electrons. The maximum Gasteiger partial charge on any atom is 0.336 e. The lowest BCUT2D eigenvalue weighted by molar-refractivity contribution is -0.384. The number of ether oxygens (including phenoxy) is 2. The zero-order chi connectivity index (χ0) is 25.1. The Balaban J connectivity index is 1.72. The number of nitrogens with one attached hydrogen (secondary N) is 1. The SMILES string of the molecule is CC1=C(C(=O)OCCOC(C)C)[C@H](c2cccc([N+](=O)[O-])c2)C2=C(C[C@@H](c3cccs3)CC2=O)N1. The van der Waals surface area contributed by atoms with Crippen LogP contribution in [0, 0.1) is 10.1 Å². The largest absolute Gasteiger partial charge is 0.460 e. The monoisotopic (exact) mass is 496 g/mol. The van der Waals surface area contributed by atoms with E-state index in [0.29, 0.717) is 29.7 Å². The number of benzene rings is 1. The van der Waals surface area contributed by atoms with E-state index in [4.69, 9.17) is 9.47 Å². The van der Waals surface area contributed by atoms with Crippen molar-refractivity contribution in [2.75, 3.05) is 13.2 Å². The minimum absolute atomic E-state index is 0.00693. The highest BCUT2D eigenvalue weighted by molar-refractivity contribution is 7.10. The lowest BCUT2D eigenvalue weighted by Gasteiger charge is -2.36. The van der Waals surface area contributed by atoms with Gasteiger partial charge in [-0.2, -0.15) is 0 Å². The van der Waals surface area contributed by atoms with Crippen molar-refractivity contribution in [1.29, 1.82) is 0 Å². The summed E-state index contributed by atoms with van der Waals surface area (Å²) in [4.78, 5) is 38.9. The second-order valence-electron chi connectivity index (χ2n) is 8.94. The standard InChI is InChI=1S/C26H28N2O6S/c1-15(2)33-9-10-34-26(30)23-16(3)27-20-13-18(22-8-5-11-35-22)14-21(29)25(20)24(23)17-6-4-7-19(12-17)28(31)32/h4-8,11-12,15,18,24,27H,9-10,13-14H2,1-3H3/t18-,24+/m1/s1. The van der Waals surface area contributed by atoms with Crippen molar-refractivity contribution in [2.45, 2.75) is 51.6 Å². The molecule has 8 nitrogen and oxygen atoms in total. The molecule has 2 heterocycles. The maximum absolute atomic E-state index is 13.5. The predicted molar refractivity (Wildman–Crippen MR) is 132 cm³/mol. The molecule has 2 aliphatic rings. The first-order valence-corrected chi connectivity index (χ1v) is 12.4. The van der Waals surface area contributed by atoms with Gasteiger partial charge in [0.1, 0.15) is 6.61 Å². The third kappa shape index (κ3) is 5.36. The quantitative estimate of drug-likeness (QED) is 0.237. The van der Waals surface area contributed by atoms with Gasteiger partial charge in [-0.1, -0.05) is 18.2 Å². The van der Waals surface area contributed by atoms with Gasteiger partial charge in [-0.05, 0) is 44.2 Å². The molecular formula is C26H28N2O6S. The molecule has 4 rings (SSSR count). The molecule has 2 atom stereocenters. The number of hydrogen-bond acceptors (Lipinski definition) is 8. The minimum atomic E-state index is -0.749. The molecule has 2 aromatic rings. The number of dihydropyridines is 1. The number of rotatable bonds is 8. The highest BCUT2D eigenvalue weighted by Gasteiger charge is 2.42. The van der Waals surface area contributed by atoms with E-state index in [1.807, 2.05) is 31.4 Å². The van der Waals surface area contributed by atoms with Gasteiger partial charge in [-0.25, -0.2) is 4.79 Å². The molecule has 0 bridgehead atoms. The van der Waals surface area contributed by atoms with Crippen LogP contribution in [0.4, 0.5) is 5.69 Å². The van der Waals surface area contributed by atoms with Gasteiger partial charge in [0, 0.05) is 52.2 Å². The summed E-state index contributed by atoms with van der Waals surface area (Å²) in [5.41, 5.74) is 2.52. The molecule has 9 heteroatoms. The third-order valence-corrected chi connectivity index (χ3v) is 7.21. The number of Topliss-reactive ketones (excluding diaryl/α,β-unsaturated/α-hetero) is 1. The number of thiophene rings is 1. The number of carbonyl (C=O) groups is 2. The van der Waals surface area contributed by atoms with Crippen LogP contribution in [0.1, 0.15) is 55.9 Å². The number of non-ortho nitro benzene ring substituents is 1. The lowest BCUT2D eigenvalue weighted by atomic mass is 9.72.